The lowest BCUT2D eigenvalue weighted by molar-refractivity contribution is -0.125. The molecule has 6 nitrogen and oxygen atoms in total. The van der Waals surface area contributed by atoms with Crippen LogP contribution < -0.4 is 4.74 Å². The number of piperidine rings is 1. The van der Waals surface area contributed by atoms with E-state index in [9.17, 15) is 4.79 Å². The van der Waals surface area contributed by atoms with Crippen molar-refractivity contribution < 1.29 is 14.3 Å². The van der Waals surface area contributed by atoms with Crippen molar-refractivity contribution in [2.75, 3.05) is 26.3 Å². The molecule has 2 saturated heterocycles. The zero-order valence-corrected chi connectivity index (χ0v) is 18.3. The number of hydrogen-bond donors (Lipinski definition) is 0. The molecule has 2 aliphatic heterocycles. The maximum atomic E-state index is 13.1. The standard InChI is InChI=1S/C26H29N3O3/c30-25(24-8-7-21-4-1-2-6-23(21)28-24)29-14-11-26(12-15-29)18-20(10-17-32-26)9-16-31-22-5-3-13-27-19-22/h1-8,13,19-20H,9-12,14-18H2. The molecule has 2 fully saturated rings. The van der Waals surface area contributed by atoms with Gasteiger partial charge in [0, 0.05) is 31.3 Å². The van der Waals surface area contributed by atoms with Gasteiger partial charge in [0.15, 0.2) is 0 Å². The van der Waals surface area contributed by atoms with Gasteiger partial charge in [-0.05, 0) is 62.3 Å². The van der Waals surface area contributed by atoms with Crippen molar-refractivity contribution in [1.29, 1.82) is 0 Å². The van der Waals surface area contributed by atoms with Crippen molar-refractivity contribution in [2.24, 2.45) is 5.92 Å². The second kappa shape index (κ2) is 9.25. The van der Waals surface area contributed by atoms with Crippen molar-refractivity contribution in [2.45, 2.75) is 37.7 Å². The highest BCUT2D eigenvalue weighted by molar-refractivity contribution is 5.95. The zero-order valence-electron chi connectivity index (χ0n) is 18.3. The van der Waals surface area contributed by atoms with Crippen LogP contribution in [0, 0.1) is 5.92 Å². The van der Waals surface area contributed by atoms with E-state index in [4.69, 9.17) is 9.47 Å². The molecule has 2 aromatic heterocycles. The summed E-state index contributed by atoms with van der Waals surface area (Å²) in [6, 6.07) is 15.5. The Morgan fingerprint density at radius 3 is 2.84 bits per heavy atom. The summed E-state index contributed by atoms with van der Waals surface area (Å²) >= 11 is 0. The molecule has 0 bridgehead atoms. The number of carbonyl (C=O) groups excluding carboxylic acids is 1. The number of pyridine rings is 2. The van der Waals surface area contributed by atoms with Crippen LogP contribution in [0.4, 0.5) is 0 Å². The van der Waals surface area contributed by atoms with Crippen LogP contribution in [0.2, 0.25) is 0 Å². The van der Waals surface area contributed by atoms with Crippen LogP contribution in [0.5, 0.6) is 5.75 Å². The maximum Gasteiger partial charge on any atom is 0.272 e. The van der Waals surface area contributed by atoms with E-state index >= 15 is 0 Å². The van der Waals surface area contributed by atoms with E-state index in [2.05, 4.69) is 9.97 Å². The van der Waals surface area contributed by atoms with Crippen molar-refractivity contribution in [3.8, 4) is 5.75 Å². The molecule has 3 aromatic rings. The Kier molecular flexibility index (Phi) is 6.04. The summed E-state index contributed by atoms with van der Waals surface area (Å²) in [5.41, 5.74) is 1.28. The van der Waals surface area contributed by atoms with Gasteiger partial charge in [-0.2, -0.15) is 0 Å². The van der Waals surface area contributed by atoms with Crippen LogP contribution in [0.3, 0.4) is 0 Å². The number of carbonyl (C=O) groups is 1. The van der Waals surface area contributed by atoms with Crippen molar-refractivity contribution in [3.05, 3.63) is 66.6 Å². The number of para-hydroxylation sites is 1. The Morgan fingerprint density at radius 2 is 2.00 bits per heavy atom. The van der Waals surface area contributed by atoms with E-state index < -0.39 is 0 Å². The van der Waals surface area contributed by atoms with Gasteiger partial charge in [0.1, 0.15) is 11.4 Å². The van der Waals surface area contributed by atoms with Gasteiger partial charge >= 0.3 is 0 Å². The predicted molar refractivity (Wildman–Crippen MR) is 123 cm³/mol. The number of ether oxygens (including phenoxy) is 2. The smallest absolute Gasteiger partial charge is 0.272 e. The highest BCUT2D eigenvalue weighted by Crippen LogP contribution is 2.39. The van der Waals surface area contributed by atoms with Gasteiger partial charge < -0.3 is 14.4 Å². The molecule has 1 unspecified atom stereocenters. The van der Waals surface area contributed by atoms with E-state index in [1.165, 1.54) is 0 Å². The third-order valence-corrected chi connectivity index (χ3v) is 6.80. The van der Waals surface area contributed by atoms with Crippen LogP contribution in [0.25, 0.3) is 10.9 Å². The van der Waals surface area contributed by atoms with E-state index in [0.29, 0.717) is 31.3 Å². The van der Waals surface area contributed by atoms with Crippen molar-refractivity contribution in [3.63, 3.8) is 0 Å². The lowest BCUT2D eigenvalue weighted by Crippen LogP contribution is -2.51. The summed E-state index contributed by atoms with van der Waals surface area (Å²) in [6.45, 7) is 2.92. The number of likely N-dealkylation sites (tertiary alicyclic amines) is 1. The molecule has 0 radical (unpaired) electrons. The fraction of sp³-hybridized carbons (Fsp3) is 0.423. The number of hydrogen-bond acceptors (Lipinski definition) is 5. The number of benzene rings is 1. The summed E-state index contributed by atoms with van der Waals surface area (Å²) < 4.78 is 12.1. The Morgan fingerprint density at radius 1 is 1.12 bits per heavy atom. The Hall–Kier alpha value is -2.99. The molecule has 6 heteroatoms. The molecular weight excluding hydrogens is 402 g/mol. The molecule has 0 aliphatic carbocycles. The monoisotopic (exact) mass is 431 g/mol. The minimum Gasteiger partial charge on any atom is -0.492 e. The van der Waals surface area contributed by atoms with Crippen LogP contribution in [0.15, 0.2) is 60.9 Å². The highest BCUT2D eigenvalue weighted by atomic mass is 16.5. The molecule has 1 aromatic carbocycles. The van der Waals surface area contributed by atoms with Crippen LogP contribution in [-0.2, 0) is 4.74 Å². The summed E-state index contributed by atoms with van der Waals surface area (Å²) in [6.07, 6.45) is 8.40. The van der Waals surface area contributed by atoms with Gasteiger partial charge in [0.2, 0.25) is 0 Å². The number of fused-ring (bicyclic) bond motifs is 1. The molecule has 2 aliphatic rings. The fourth-order valence-electron chi connectivity index (χ4n) is 4.96. The number of nitrogens with zero attached hydrogens (tertiary/aromatic N) is 3. The first kappa shape index (κ1) is 20.9. The average molecular weight is 432 g/mol. The molecule has 32 heavy (non-hydrogen) atoms. The van der Waals surface area contributed by atoms with Gasteiger partial charge in [-0.15, -0.1) is 0 Å². The largest absolute Gasteiger partial charge is 0.492 e. The molecule has 4 heterocycles. The fourth-order valence-corrected chi connectivity index (χ4v) is 4.96. The van der Waals surface area contributed by atoms with E-state index in [-0.39, 0.29) is 11.5 Å². The first-order valence-electron chi connectivity index (χ1n) is 11.5. The maximum absolute atomic E-state index is 13.1. The summed E-state index contributed by atoms with van der Waals surface area (Å²) in [5, 5.41) is 1.05. The van der Waals surface area contributed by atoms with Crippen molar-refractivity contribution in [1.82, 2.24) is 14.9 Å². The van der Waals surface area contributed by atoms with Crippen LogP contribution >= 0.6 is 0 Å². The quantitative estimate of drug-likeness (QED) is 0.595. The van der Waals surface area contributed by atoms with Crippen LogP contribution in [0.1, 0.15) is 42.6 Å². The minimum atomic E-state index is -0.106. The van der Waals surface area contributed by atoms with Gasteiger partial charge in [0.05, 0.1) is 23.9 Å². The first-order chi connectivity index (χ1) is 15.7. The Labute approximate surface area is 188 Å². The highest BCUT2D eigenvalue weighted by Gasteiger charge is 2.41. The number of amides is 1. The summed E-state index contributed by atoms with van der Waals surface area (Å²) in [4.78, 5) is 23.7. The predicted octanol–water partition coefficient (Wildman–Crippen LogP) is 4.50. The molecule has 0 N–H and O–H groups in total. The third-order valence-electron chi connectivity index (χ3n) is 6.80. The normalized spacial score (nSPS) is 20.4. The Bertz CT molecular complexity index is 1060. The van der Waals surface area contributed by atoms with Crippen molar-refractivity contribution >= 4 is 16.8 Å². The van der Waals surface area contributed by atoms with Crippen LogP contribution in [-0.4, -0.2) is 52.7 Å². The van der Waals surface area contributed by atoms with Gasteiger partial charge in [-0.1, -0.05) is 24.3 Å². The van der Waals surface area contributed by atoms with E-state index in [1.807, 2.05) is 53.4 Å². The van der Waals surface area contributed by atoms with Gasteiger partial charge in [-0.3, -0.25) is 9.78 Å². The SMILES string of the molecule is O=C(c1ccc2ccccc2n1)N1CCC2(CC1)CC(CCOc1cccnc1)CCO2. The van der Waals surface area contributed by atoms with E-state index in [1.54, 1.807) is 12.4 Å². The molecule has 1 amide bonds. The molecule has 0 saturated carbocycles. The molecule has 166 valence electrons. The first-order valence-corrected chi connectivity index (χ1v) is 11.5. The molecular formula is C26H29N3O3. The summed E-state index contributed by atoms with van der Waals surface area (Å²) in [5.74, 6) is 1.43. The van der Waals surface area contributed by atoms with E-state index in [0.717, 1.165) is 55.4 Å². The zero-order chi connectivity index (χ0) is 21.8. The molecule has 1 spiro atoms. The molecule has 1 atom stereocenters. The minimum absolute atomic E-state index is 0.0165. The van der Waals surface area contributed by atoms with Gasteiger partial charge in [-0.25, -0.2) is 4.98 Å². The lowest BCUT2D eigenvalue weighted by atomic mass is 9.78. The number of aromatic nitrogens is 2. The third kappa shape index (κ3) is 4.60. The topological polar surface area (TPSA) is 64.6 Å². The summed E-state index contributed by atoms with van der Waals surface area (Å²) in [7, 11) is 0. The second-order valence-electron chi connectivity index (χ2n) is 8.90. The molecule has 5 rings (SSSR count). The average Bonchev–Trinajstić information content (AvgIpc) is 2.85. The van der Waals surface area contributed by atoms with Gasteiger partial charge in [0.25, 0.3) is 5.91 Å². The number of rotatable bonds is 5. The second-order valence-corrected chi connectivity index (χ2v) is 8.90. The Balaban J connectivity index is 1.15. The lowest BCUT2D eigenvalue weighted by Gasteiger charge is -2.46.